The Morgan fingerprint density at radius 1 is 1.25 bits per heavy atom. The van der Waals surface area contributed by atoms with Crippen molar-refractivity contribution in [2.24, 2.45) is 5.73 Å². The Kier molecular flexibility index (Phi) is 3.68. The molecule has 0 bridgehead atoms. The van der Waals surface area contributed by atoms with Crippen molar-refractivity contribution in [3.63, 3.8) is 0 Å². The Labute approximate surface area is 97.1 Å². The molecule has 2 N–H and O–H groups in total. The van der Waals surface area contributed by atoms with Crippen molar-refractivity contribution in [1.29, 1.82) is 0 Å². The molecule has 0 aliphatic rings. The first-order chi connectivity index (χ1) is 7.34. The molecule has 88 valence electrons. The maximum atomic E-state index is 11.2. The van der Waals surface area contributed by atoms with Gasteiger partial charge in [0.25, 0.3) is 5.91 Å². The largest absolute Gasteiger partial charge is 0.364 e. The lowest BCUT2D eigenvalue weighted by Crippen LogP contribution is -2.16. The molecular weight excluding hydrogens is 200 g/mol. The van der Waals surface area contributed by atoms with Crippen LogP contribution in [0.3, 0.4) is 0 Å². The third-order valence-corrected chi connectivity index (χ3v) is 2.67. The van der Waals surface area contributed by atoms with Gasteiger partial charge in [-0.15, -0.1) is 0 Å². The van der Waals surface area contributed by atoms with Crippen LogP contribution in [0.15, 0.2) is 6.07 Å². The van der Waals surface area contributed by atoms with Crippen molar-refractivity contribution in [3.05, 3.63) is 28.6 Å². The molecule has 0 spiro atoms. The number of amides is 1. The lowest BCUT2D eigenvalue weighted by Gasteiger charge is -2.18. The number of aromatic nitrogens is 1. The molecule has 1 amide bonds. The van der Waals surface area contributed by atoms with Gasteiger partial charge in [0.15, 0.2) is 0 Å². The Bertz CT molecular complexity index is 409. The number of hydrogen-bond acceptors (Lipinski definition) is 2. The van der Waals surface area contributed by atoms with Crippen LogP contribution in [0.5, 0.6) is 0 Å². The molecule has 0 atom stereocenters. The monoisotopic (exact) mass is 220 g/mol. The van der Waals surface area contributed by atoms with Crippen molar-refractivity contribution in [2.75, 3.05) is 0 Å². The van der Waals surface area contributed by atoms with E-state index >= 15 is 0 Å². The average molecular weight is 220 g/mol. The lowest BCUT2D eigenvalue weighted by molar-refractivity contribution is 0.0995. The van der Waals surface area contributed by atoms with E-state index in [1.807, 2.05) is 6.92 Å². The molecule has 0 saturated carbocycles. The van der Waals surface area contributed by atoms with E-state index in [9.17, 15) is 4.79 Å². The summed E-state index contributed by atoms with van der Waals surface area (Å²) in [5.41, 5.74) is 8.97. The van der Waals surface area contributed by atoms with E-state index < -0.39 is 5.91 Å². The predicted octanol–water partition coefficient (Wildman–Crippen LogP) is 2.74. The van der Waals surface area contributed by atoms with Crippen molar-refractivity contribution >= 4 is 5.91 Å². The standard InChI is InChI=1S/C13H20N2O/c1-7(2)11-9(5)6-10(13(14)16)15-12(11)8(3)4/h6-8H,1-5H3,(H2,14,16). The van der Waals surface area contributed by atoms with Crippen molar-refractivity contribution < 1.29 is 4.79 Å². The Balaban J connectivity index is 3.45. The highest BCUT2D eigenvalue weighted by Crippen LogP contribution is 2.27. The fourth-order valence-corrected chi connectivity index (χ4v) is 2.02. The lowest BCUT2D eigenvalue weighted by atomic mass is 9.91. The summed E-state index contributed by atoms with van der Waals surface area (Å²) in [5.74, 6) is 0.252. The van der Waals surface area contributed by atoms with Gasteiger partial charge in [-0.05, 0) is 36.0 Å². The van der Waals surface area contributed by atoms with Gasteiger partial charge in [-0.1, -0.05) is 27.7 Å². The Morgan fingerprint density at radius 2 is 1.81 bits per heavy atom. The first-order valence-corrected chi connectivity index (χ1v) is 5.65. The second-order valence-corrected chi connectivity index (χ2v) is 4.80. The molecule has 0 aromatic carbocycles. The summed E-state index contributed by atoms with van der Waals surface area (Å²) in [6, 6.07) is 1.78. The predicted molar refractivity (Wildman–Crippen MR) is 65.7 cm³/mol. The van der Waals surface area contributed by atoms with E-state index in [2.05, 4.69) is 32.7 Å². The van der Waals surface area contributed by atoms with Crippen LogP contribution in [0, 0.1) is 6.92 Å². The molecule has 0 aliphatic heterocycles. The van der Waals surface area contributed by atoms with Crippen LogP contribution in [0.2, 0.25) is 0 Å². The molecule has 0 radical (unpaired) electrons. The third-order valence-electron chi connectivity index (χ3n) is 2.67. The molecule has 0 aliphatic carbocycles. The molecule has 16 heavy (non-hydrogen) atoms. The van der Waals surface area contributed by atoms with Crippen LogP contribution in [-0.4, -0.2) is 10.9 Å². The van der Waals surface area contributed by atoms with Crippen molar-refractivity contribution in [1.82, 2.24) is 4.98 Å². The van der Waals surface area contributed by atoms with Crippen LogP contribution in [-0.2, 0) is 0 Å². The Morgan fingerprint density at radius 3 is 2.19 bits per heavy atom. The molecule has 3 heteroatoms. The first kappa shape index (κ1) is 12.7. The third kappa shape index (κ3) is 2.40. The number of aryl methyl sites for hydroxylation is 1. The normalized spacial score (nSPS) is 11.2. The SMILES string of the molecule is Cc1cc(C(N)=O)nc(C(C)C)c1C(C)C. The number of pyridine rings is 1. The summed E-state index contributed by atoms with van der Waals surface area (Å²) < 4.78 is 0. The molecule has 1 aromatic rings. The van der Waals surface area contributed by atoms with Gasteiger partial charge >= 0.3 is 0 Å². The summed E-state index contributed by atoms with van der Waals surface area (Å²) in [6.45, 7) is 10.5. The van der Waals surface area contributed by atoms with Gasteiger partial charge in [0.1, 0.15) is 5.69 Å². The molecule has 0 saturated heterocycles. The van der Waals surface area contributed by atoms with Crippen LogP contribution in [0.4, 0.5) is 0 Å². The number of nitrogens with zero attached hydrogens (tertiary/aromatic N) is 1. The fourth-order valence-electron chi connectivity index (χ4n) is 2.02. The second kappa shape index (κ2) is 4.64. The van der Waals surface area contributed by atoms with Gasteiger partial charge in [0.05, 0.1) is 0 Å². The number of rotatable bonds is 3. The summed E-state index contributed by atoms with van der Waals surface area (Å²) >= 11 is 0. The number of primary amides is 1. The number of carbonyl (C=O) groups excluding carboxylic acids is 1. The number of hydrogen-bond donors (Lipinski definition) is 1. The van der Waals surface area contributed by atoms with Gasteiger partial charge in [-0.25, -0.2) is 4.98 Å². The average Bonchev–Trinajstić information content (AvgIpc) is 2.15. The number of nitrogens with two attached hydrogens (primary N) is 1. The van der Waals surface area contributed by atoms with Crippen LogP contribution >= 0.6 is 0 Å². The zero-order valence-electron chi connectivity index (χ0n) is 10.7. The zero-order chi connectivity index (χ0) is 12.5. The minimum atomic E-state index is -0.458. The highest BCUT2D eigenvalue weighted by molar-refractivity contribution is 5.91. The maximum absolute atomic E-state index is 11.2. The minimum absolute atomic E-state index is 0.301. The van der Waals surface area contributed by atoms with Crippen LogP contribution in [0.1, 0.15) is 66.8 Å². The molecule has 1 rings (SSSR count). The quantitative estimate of drug-likeness (QED) is 0.851. The summed E-state index contributed by atoms with van der Waals surface area (Å²) in [7, 11) is 0. The Hall–Kier alpha value is -1.38. The van der Waals surface area contributed by atoms with E-state index in [0.29, 0.717) is 17.5 Å². The molecular formula is C13H20N2O. The van der Waals surface area contributed by atoms with E-state index in [-0.39, 0.29) is 0 Å². The van der Waals surface area contributed by atoms with E-state index in [0.717, 1.165) is 11.3 Å². The van der Waals surface area contributed by atoms with Crippen LogP contribution < -0.4 is 5.73 Å². The van der Waals surface area contributed by atoms with Gasteiger partial charge in [0.2, 0.25) is 0 Å². The molecule has 1 heterocycles. The maximum Gasteiger partial charge on any atom is 0.267 e. The number of carbonyl (C=O) groups is 1. The molecule has 1 aromatic heterocycles. The molecule has 0 fully saturated rings. The second-order valence-electron chi connectivity index (χ2n) is 4.80. The van der Waals surface area contributed by atoms with Gasteiger partial charge in [-0.3, -0.25) is 4.79 Å². The first-order valence-electron chi connectivity index (χ1n) is 5.65. The van der Waals surface area contributed by atoms with E-state index in [4.69, 9.17) is 5.73 Å². The summed E-state index contributed by atoms with van der Waals surface area (Å²) in [4.78, 5) is 15.5. The van der Waals surface area contributed by atoms with Gasteiger partial charge < -0.3 is 5.73 Å². The van der Waals surface area contributed by atoms with E-state index in [1.165, 1.54) is 5.56 Å². The topological polar surface area (TPSA) is 56.0 Å². The van der Waals surface area contributed by atoms with Crippen LogP contribution in [0.25, 0.3) is 0 Å². The van der Waals surface area contributed by atoms with Crippen molar-refractivity contribution in [2.45, 2.75) is 46.5 Å². The zero-order valence-corrected chi connectivity index (χ0v) is 10.7. The highest BCUT2D eigenvalue weighted by atomic mass is 16.1. The van der Waals surface area contributed by atoms with Crippen molar-refractivity contribution in [3.8, 4) is 0 Å². The molecule has 3 nitrogen and oxygen atoms in total. The fraction of sp³-hybridized carbons (Fsp3) is 0.538. The van der Waals surface area contributed by atoms with Gasteiger partial charge in [-0.2, -0.15) is 0 Å². The summed E-state index contributed by atoms with van der Waals surface area (Å²) in [6.07, 6.45) is 0. The highest BCUT2D eigenvalue weighted by Gasteiger charge is 2.17. The minimum Gasteiger partial charge on any atom is -0.364 e. The van der Waals surface area contributed by atoms with Gasteiger partial charge in [0, 0.05) is 5.69 Å². The molecule has 0 unspecified atom stereocenters. The van der Waals surface area contributed by atoms with E-state index in [1.54, 1.807) is 6.07 Å². The summed E-state index contributed by atoms with van der Waals surface area (Å²) in [5, 5.41) is 0. The smallest absolute Gasteiger partial charge is 0.267 e.